The highest BCUT2D eigenvalue weighted by Crippen LogP contribution is 2.17. The molecule has 5 heteroatoms. The third kappa shape index (κ3) is 7.32. The highest BCUT2D eigenvalue weighted by atomic mass is 16.2. The predicted octanol–water partition coefficient (Wildman–Crippen LogP) is 4.56. The predicted molar refractivity (Wildman–Crippen MR) is 111 cm³/mol. The van der Waals surface area contributed by atoms with Gasteiger partial charge < -0.3 is 4.90 Å². The number of nitrogens with zero attached hydrogens (tertiary/aromatic N) is 4. The quantitative estimate of drug-likeness (QED) is 0.573. The molecule has 1 aromatic heterocycles. The van der Waals surface area contributed by atoms with Crippen molar-refractivity contribution in [1.82, 2.24) is 14.8 Å². The van der Waals surface area contributed by atoms with Gasteiger partial charge in [-0.2, -0.15) is 0 Å². The fourth-order valence-electron chi connectivity index (χ4n) is 3.29. The number of urea groups is 1. The molecule has 1 rings (SSSR count). The standard InChI is InChI=1S/C21H38N4O/c1-17(2)24(18(3)4)12-10-8-9-11-13-25(21(26)23(6)7)20-14-19(5)15-22-16-20/h14-18H,8-13H2,1-7H3. The molecule has 1 aromatic rings. The Morgan fingerprint density at radius 3 is 2.04 bits per heavy atom. The van der Waals surface area contributed by atoms with E-state index in [1.807, 2.05) is 24.1 Å². The van der Waals surface area contributed by atoms with E-state index in [-0.39, 0.29) is 6.03 Å². The molecule has 0 radical (unpaired) electrons. The molecule has 0 saturated heterocycles. The van der Waals surface area contributed by atoms with Crippen molar-refractivity contribution in [2.45, 2.75) is 72.4 Å². The molecule has 26 heavy (non-hydrogen) atoms. The van der Waals surface area contributed by atoms with Gasteiger partial charge in [0.1, 0.15) is 0 Å². The molecule has 0 bridgehead atoms. The summed E-state index contributed by atoms with van der Waals surface area (Å²) in [6.45, 7) is 12.9. The summed E-state index contributed by atoms with van der Waals surface area (Å²) in [5.41, 5.74) is 1.95. The minimum atomic E-state index is 0.0168. The van der Waals surface area contributed by atoms with Crippen LogP contribution in [0.2, 0.25) is 0 Å². The number of aromatic nitrogens is 1. The zero-order valence-corrected chi connectivity index (χ0v) is 17.8. The van der Waals surface area contributed by atoms with Crippen LogP contribution in [-0.4, -0.2) is 60.1 Å². The number of aryl methyl sites for hydroxylation is 1. The van der Waals surface area contributed by atoms with Crippen molar-refractivity contribution in [3.05, 3.63) is 24.0 Å². The average molecular weight is 363 g/mol. The molecule has 148 valence electrons. The summed E-state index contributed by atoms with van der Waals surface area (Å²) in [4.78, 5) is 22.8. The van der Waals surface area contributed by atoms with Crippen LogP contribution in [0, 0.1) is 6.92 Å². The second-order valence-corrected chi connectivity index (χ2v) is 7.89. The Balaban J connectivity index is 2.49. The van der Waals surface area contributed by atoms with Crippen molar-refractivity contribution >= 4 is 11.7 Å². The van der Waals surface area contributed by atoms with E-state index in [2.05, 4.69) is 37.6 Å². The third-order valence-electron chi connectivity index (χ3n) is 4.66. The van der Waals surface area contributed by atoms with E-state index in [1.54, 1.807) is 25.2 Å². The highest BCUT2D eigenvalue weighted by molar-refractivity contribution is 5.91. The summed E-state index contributed by atoms with van der Waals surface area (Å²) in [5.74, 6) is 0. The Labute approximate surface area is 160 Å². The van der Waals surface area contributed by atoms with Crippen LogP contribution in [0.1, 0.15) is 58.9 Å². The second-order valence-electron chi connectivity index (χ2n) is 7.89. The van der Waals surface area contributed by atoms with E-state index >= 15 is 0 Å². The molecular weight excluding hydrogens is 324 g/mol. The van der Waals surface area contributed by atoms with Crippen LogP contribution >= 0.6 is 0 Å². The summed E-state index contributed by atoms with van der Waals surface area (Å²) in [5, 5.41) is 0. The zero-order valence-electron chi connectivity index (χ0n) is 17.8. The molecule has 0 saturated carbocycles. The SMILES string of the molecule is Cc1cncc(N(CCCCCCN(C(C)C)C(C)C)C(=O)N(C)C)c1. The minimum Gasteiger partial charge on any atom is -0.330 e. The first-order valence-electron chi connectivity index (χ1n) is 9.90. The van der Waals surface area contributed by atoms with Crippen molar-refractivity contribution in [1.29, 1.82) is 0 Å². The molecule has 2 amide bonds. The van der Waals surface area contributed by atoms with Crippen molar-refractivity contribution in [2.24, 2.45) is 0 Å². The Bertz CT molecular complexity index is 535. The van der Waals surface area contributed by atoms with E-state index in [0.717, 1.165) is 37.2 Å². The van der Waals surface area contributed by atoms with Gasteiger partial charge in [-0.05, 0) is 65.6 Å². The third-order valence-corrected chi connectivity index (χ3v) is 4.66. The van der Waals surface area contributed by atoms with Gasteiger partial charge in [0.2, 0.25) is 0 Å². The van der Waals surface area contributed by atoms with E-state index in [4.69, 9.17) is 0 Å². The molecule has 0 aliphatic carbocycles. The van der Waals surface area contributed by atoms with Gasteiger partial charge in [0.05, 0.1) is 11.9 Å². The van der Waals surface area contributed by atoms with E-state index in [1.165, 1.54) is 12.8 Å². The lowest BCUT2D eigenvalue weighted by Gasteiger charge is -2.30. The average Bonchev–Trinajstić information content (AvgIpc) is 2.56. The molecule has 0 unspecified atom stereocenters. The van der Waals surface area contributed by atoms with Crippen LogP contribution in [0.3, 0.4) is 0 Å². The van der Waals surface area contributed by atoms with Gasteiger partial charge in [0.15, 0.2) is 0 Å². The number of rotatable bonds is 10. The zero-order chi connectivity index (χ0) is 19.7. The maximum absolute atomic E-state index is 12.5. The molecule has 0 fully saturated rings. The number of carbonyl (C=O) groups is 1. The van der Waals surface area contributed by atoms with Gasteiger partial charge in [-0.25, -0.2) is 4.79 Å². The molecule has 0 aliphatic heterocycles. The number of hydrogen-bond donors (Lipinski definition) is 0. The topological polar surface area (TPSA) is 39.7 Å². The fraction of sp³-hybridized carbons (Fsp3) is 0.714. The molecule has 0 atom stereocenters. The number of anilines is 1. The molecule has 0 spiro atoms. The van der Waals surface area contributed by atoms with Gasteiger partial charge >= 0.3 is 6.03 Å². The maximum atomic E-state index is 12.5. The van der Waals surface area contributed by atoms with Gasteiger partial charge in [-0.15, -0.1) is 0 Å². The van der Waals surface area contributed by atoms with Gasteiger partial charge in [-0.3, -0.25) is 14.8 Å². The maximum Gasteiger partial charge on any atom is 0.324 e. The fourth-order valence-corrected chi connectivity index (χ4v) is 3.29. The number of amides is 2. The summed E-state index contributed by atoms with van der Waals surface area (Å²) in [6.07, 6.45) is 8.15. The molecule has 0 N–H and O–H groups in total. The summed E-state index contributed by atoms with van der Waals surface area (Å²) < 4.78 is 0. The Morgan fingerprint density at radius 2 is 1.54 bits per heavy atom. The lowest BCUT2D eigenvalue weighted by molar-refractivity contribution is 0.171. The number of hydrogen-bond acceptors (Lipinski definition) is 3. The highest BCUT2D eigenvalue weighted by Gasteiger charge is 2.18. The molecule has 5 nitrogen and oxygen atoms in total. The van der Waals surface area contributed by atoms with Crippen molar-refractivity contribution in [2.75, 3.05) is 32.1 Å². The Hall–Kier alpha value is -1.62. The van der Waals surface area contributed by atoms with Crippen LogP contribution < -0.4 is 4.90 Å². The first-order chi connectivity index (χ1) is 12.2. The van der Waals surface area contributed by atoms with Crippen LogP contribution in [0.15, 0.2) is 18.5 Å². The largest absolute Gasteiger partial charge is 0.330 e. The Morgan fingerprint density at radius 1 is 0.962 bits per heavy atom. The second kappa shape index (κ2) is 11.2. The number of carbonyl (C=O) groups excluding carboxylic acids is 1. The normalized spacial score (nSPS) is 11.5. The van der Waals surface area contributed by atoms with Crippen molar-refractivity contribution in [3.63, 3.8) is 0 Å². The minimum absolute atomic E-state index is 0.0168. The molecule has 0 aliphatic rings. The van der Waals surface area contributed by atoms with Crippen molar-refractivity contribution in [3.8, 4) is 0 Å². The van der Waals surface area contributed by atoms with Gasteiger partial charge in [0.25, 0.3) is 0 Å². The molecular formula is C21H38N4O. The van der Waals surface area contributed by atoms with E-state index < -0.39 is 0 Å². The first-order valence-corrected chi connectivity index (χ1v) is 9.90. The van der Waals surface area contributed by atoms with E-state index in [0.29, 0.717) is 12.1 Å². The first kappa shape index (κ1) is 22.4. The van der Waals surface area contributed by atoms with Gasteiger partial charge in [0, 0.05) is 38.9 Å². The van der Waals surface area contributed by atoms with Crippen LogP contribution in [0.25, 0.3) is 0 Å². The molecule has 0 aromatic carbocycles. The number of pyridine rings is 1. The summed E-state index contributed by atoms with van der Waals surface area (Å²) in [6, 6.07) is 3.23. The van der Waals surface area contributed by atoms with Crippen LogP contribution in [0.4, 0.5) is 10.5 Å². The van der Waals surface area contributed by atoms with Gasteiger partial charge in [-0.1, -0.05) is 12.8 Å². The monoisotopic (exact) mass is 362 g/mol. The molecule has 1 heterocycles. The van der Waals surface area contributed by atoms with Crippen LogP contribution in [-0.2, 0) is 0 Å². The summed E-state index contributed by atoms with van der Waals surface area (Å²) in [7, 11) is 3.59. The van der Waals surface area contributed by atoms with E-state index in [9.17, 15) is 4.79 Å². The van der Waals surface area contributed by atoms with Crippen molar-refractivity contribution < 1.29 is 4.79 Å². The Kier molecular flexibility index (Phi) is 9.63. The lowest BCUT2D eigenvalue weighted by Crippen LogP contribution is -2.40. The van der Waals surface area contributed by atoms with Crippen LogP contribution in [0.5, 0.6) is 0 Å². The smallest absolute Gasteiger partial charge is 0.324 e. The summed E-state index contributed by atoms with van der Waals surface area (Å²) >= 11 is 0. The lowest BCUT2D eigenvalue weighted by atomic mass is 10.1. The number of unbranched alkanes of at least 4 members (excludes halogenated alkanes) is 3.